The summed E-state index contributed by atoms with van der Waals surface area (Å²) in [4.78, 5) is 0.363. The lowest BCUT2D eigenvalue weighted by molar-refractivity contribution is 0.401. The van der Waals surface area contributed by atoms with E-state index in [1.54, 1.807) is 18.2 Å². The molecule has 0 saturated heterocycles. The molecule has 0 aliphatic carbocycles. The van der Waals surface area contributed by atoms with Crippen molar-refractivity contribution in [2.75, 3.05) is 16.4 Å². The number of nitrogens with one attached hydrogen (secondary N) is 2. The van der Waals surface area contributed by atoms with E-state index >= 15 is 0 Å². The number of para-hydroxylation sites is 2. The molecule has 27 heavy (non-hydrogen) atoms. The van der Waals surface area contributed by atoms with E-state index in [0.717, 1.165) is 17.1 Å². The fraction of sp³-hybridized carbons (Fsp3) is 0.300. The Kier molecular flexibility index (Phi) is 4.45. The quantitative estimate of drug-likeness (QED) is 0.624. The Balaban J connectivity index is 1.97. The molecule has 1 unspecified atom stereocenters. The highest BCUT2D eigenvalue weighted by molar-refractivity contribution is 7.95. The van der Waals surface area contributed by atoms with Crippen molar-refractivity contribution < 1.29 is 8.42 Å². The molecule has 0 saturated carbocycles. The number of sulfone groups is 1. The number of halogens is 2. The number of anilines is 2. The minimum Gasteiger partial charge on any atom is -0.372 e. The van der Waals surface area contributed by atoms with Gasteiger partial charge in [-0.2, -0.15) is 0 Å². The second-order valence-corrected chi connectivity index (χ2v) is 10.7. The number of hydrogen-bond donors (Lipinski definition) is 2. The lowest BCUT2D eigenvalue weighted by atomic mass is 9.88. The summed E-state index contributed by atoms with van der Waals surface area (Å²) in [6, 6.07) is 12.3. The lowest BCUT2D eigenvalue weighted by Gasteiger charge is -2.35. The average molecular weight is 423 g/mol. The average Bonchev–Trinajstić information content (AvgIpc) is 2.69. The van der Waals surface area contributed by atoms with Gasteiger partial charge in [-0.05, 0) is 41.7 Å². The molecule has 0 fully saturated rings. The Bertz CT molecular complexity index is 1060. The second kappa shape index (κ2) is 6.43. The fourth-order valence-electron chi connectivity index (χ4n) is 3.91. The maximum Gasteiger partial charge on any atom is 0.179 e. The lowest BCUT2D eigenvalue weighted by Crippen LogP contribution is -2.35. The highest BCUT2D eigenvalue weighted by atomic mass is 35.5. The van der Waals surface area contributed by atoms with Gasteiger partial charge in [0.25, 0.3) is 0 Å². The van der Waals surface area contributed by atoms with Crippen molar-refractivity contribution >= 4 is 44.4 Å². The molecule has 4 rings (SSSR count). The van der Waals surface area contributed by atoms with Crippen LogP contribution in [0.25, 0.3) is 0 Å². The van der Waals surface area contributed by atoms with Crippen LogP contribution in [-0.4, -0.2) is 14.2 Å². The van der Waals surface area contributed by atoms with E-state index in [-0.39, 0.29) is 11.2 Å². The molecule has 2 aliphatic heterocycles. The Morgan fingerprint density at radius 1 is 1.07 bits per heavy atom. The maximum absolute atomic E-state index is 13.3. The molecule has 0 aromatic heterocycles. The van der Waals surface area contributed by atoms with E-state index in [2.05, 4.69) is 10.6 Å². The summed E-state index contributed by atoms with van der Waals surface area (Å²) in [6.45, 7) is 3.95. The van der Waals surface area contributed by atoms with Crippen LogP contribution >= 0.6 is 23.2 Å². The van der Waals surface area contributed by atoms with Crippen molar-refractivity contribution in [3.8, 4) is 0 Å². The Morgan fingerprint density at radius 2 is 1.78 bits per heavy atom. The molecule has 0 radical (unpaired) electrons. The molecule has 0 amide bonds. The number of rotatable bonds is 1. The van der Waals surface area contributed by atoms with Crippen molar-refractivity contribution in [3.63, 3.8) is 0 Å². The van der Waals surface area contributed by atoms with Gasteiger partial charge >= 0.3 is 0 Å². The summed E-state index contributed by atoms with van der Waals surface area (Å²) in [7, 11) is -3.49. The summed E-state index contributed by atoms with van der Waals surface area (Å²) in [5.41, 5.74) is 2.75. The van der Waals surface area contributed by atoms with Gasteiger partial charge < -0.3 is 10.6 Å². The molecule has 2 aliphatic rings. The van der Waals surface area contributed by atoms with Gasteiger partial charge in [-0.15, -0.1) is 0 Å². The Morgan fingerprint density at radius 3 is 2.48 bits per heavy atom. The van der Waals surface area contributed by atoms with E-state index in [1.807, 2.05) is 38.1 Å². The minimum absolute atomic E-state index is 0.0975. The van der Waals surface area contributed by atoms with Crippen molar-refractivity contribution in [1.82, 2.24) is 0 Å². The van der Waals surface area contributed by atoms with Crippen molar-refractivity contribution in [3.05, 3.63) is 68.7 Å². The zero-order valence-electron chi connectivity index (χ0n) is 15.0. The number of hydrogen-bond acceptors (Lipinski definition) is 4. The van der Waals surface area contributed by atoms with Crippen LogP contribution in [0.2, 0.25) is 10.0 Å². The van der Waals surface area contributed by atoms with Gasteiger partial charge in [0.15, 0.2) is 9.84 Å². The zero-order chi connectivity index (χ0) is 19.4. The van der Waals surface area contributed by atoms with E-state index < -0.39 is 15.9 Å². The monoisotopic (exact) mass is 422 g/mol. The van der Waals surface area contributed by atoms with Gasteiger partial charge in [0.2, 0.25) is 0 Å². The molecule has 1 atom stereocenters. The molecule has 2 N–H and O–H groups in total. The summed E-state index contributed by atoms with van der Waals surface area (Å²) in [5.74, 6) is 0.0975. The molecule has 2 aromatic carbocycles. The first-order valence-electron chi connectivity index (χ1n) is 8.70. The predicted octanol–water partition coefficient (Wildman–Crippen LogP) is 5.63. The van der Waals surface area contributed by atoms with Crippen LogP contribution in [0.5, 0.6) is 0 Å². The molecule has 0 bridgehead atoms. The zero-order valence-corrected chi connectivity index (χ0v) is 17.3. The number of benzene rings is 2. The van der Waals surface area contributed by atoms with Gasteiger partial charge in [-0.25, -0.2) is 8.42 Å². The van der Waals surface area contributed by atoms with Gasteiger partial charge in [0.05, 0.1) is 28.1 Å². The molecule has 4 nitrogen and oxygen atoms in total. The summed E-state index contributed by atoms with van der Waals surface area (Å²) in [5, 5.41) is 7.71. The van der Waals surface area contributed by atoms with Crippen LogP contribution in [0.4, 0.5) is 11.4 Å². The molecule has 2 heterocycles. The summed E-state index contributed by atoms with van der Waals surface area (Å²) in [6.07, 6.45) is 0.638. The van der Waals surface area contributed by atoms with Gasteiger partial charge in [-0.3, -0.25) is 0 Å². The number of fused-ring (bicyclic) bond motifs is 1. The van der Waals surface area contributed by atoms with Crippen molar-refractivity contribution in [1.29, 1.82) is 0 Å². The molecule has 2 aromatic rings. The van der Waals surface area contributed by atoms with E-state index in [0.29, 0.717) is 26.9 Å². The second-order valence-electron chi connectivity index (χ2n) is 7.86. The smallest absolute Gasteiger partial charge is 0.179 e. The van der Waals surface area contributed by atoms with Crippen LogP contribution in [0, 0.1) is 5.41 Å². The highest BCUT2D eigenvalue weighted by Crippen LogP contribution is 2.47. The topological polar surface area (TPSA) is 58.2 Å². The number of allylic oxidation sites excluding steroid dienone is 1. The summed E-state index contributed by atoms with van der Waals surface area (Å²) >= 11 is 12.5. The first-order chi connectivity index (χ1) is 12.7. The van der Waals surface area contributed by atoms with Gasteiger partial charge in [-0.1, -0.05) is 55.2 Å². The predicted molar refractivity (Wildman–Crippen MR) is 112 cm³/mol. The molecule has 0 spiro atoms. The van der Waals surface area contributed by atoms with E-state index in [1.165, 1.54) is 0 Å². The van der Waals surface area contributed by atoms with Gasteiger partial charge in [0.1, 0.15) is 0 Å². The van der Waals surface area contributed by atoms with Crippen molar-refractivity contribution in [2.24, 2.45) is 5.41 Å². The van der Waals surface area contributed by atoms with Crippen LogP contribution in [0.1, 0.15) is 31.9 Å². The third-order valence-corrected chi connectivity index (χ3v) is 7.79. The Labute approximate surface area is 169 Å². The molecule has 142 valence electrons. The van der Waals surface area contributed by atoms with Crippen LogP contribution in [0.3, 0.4) is 0 Å². The molecule has 7 heteroatoms. The van der Waals surface area contributed by atoms with Crippen LogP contribution in [0.15, 0.2) is 53.1 Å². The normalized spacial score (nSPS) is 22.7. The first kappa shape index (κ1) is 18.7. The highest BCUT2D eigenvalue weighted by Gasteiger charge is 2.43. The maximum atomic E-state index is 13.3. The van der Waals surface area contributed by atoms with E-state index in [9.17, 15) is 8.42 Å². The molecular weight excluding hydrogens is 403 g/mol. The standard InChI is InChI=1S/C20H20Cl2N2O2S/c1-20(2)10-17-19(27(25,26)11-20)18(13-8-7-12(21)9-14(13)22)24-16-6-4-3-5-15(16)23-17/h3-9,18,23-24H,10-11H2,1-2H3. The fourth-order valence-corrected chi connectivity index (χ4v) is 6.76. The van der Waals surface area contributed by atoms with Crippen LogP contribution < -0.4 is 10.6 Å². The Hall–Kier alpha value is -1.69. The van der Waals surface area contributed by atoms with Gasteiger partial charge in [0, 0.05) is 15.7 Å². The third-order valence-electron chi connectivity index (χ3n) is 4.92. The minimum atomic E-state index is -3.49. The van der Waals surface area contributed by atoms with Crippen molar-refractivity contribution in [2.45, 2.75) is 26.3 Å². The van der Waals surface area contributed by atoms with E-state index in [4.69, 9.17) is 23.2 Å². The SMILES string of the molecule is CC1(C)CC2=C(C(c3ccc(Cl)cc3Cl)Nc3ccccc3N2)S(=O)(=O)C1. The van der Waals surface area contributed by atoms with Crippen LogP contribution in [-0.2, 0) is 9.84 Å². The largest absolute Gasteiger partial charge is 0.372 e. The third kappa shape index (κ3) is 3.44. The molecular formula is C20H20Cl2N2O2S. The summed E-state index contributed by atoms with van der Waals surface area (Å²) < 4.78 is 26.6. The first-order valence-corrected chi connectivity index (χ1v) is 11.1.